The Bertz CT molecular complexity index is 569. The summed E-state index contributed by atoms with van der Waals surface area (Å²) >= 11 is 0. The molecule has 0 unspecified atom stereocenters. The quantitative estimate of drug-likeness (QED) is 0.630. The van der Waals surface area contributed by atoms with Gasteiger partial charge in [-0.1, -0.05) is 13.8 Å². The Morgan fingerprint density at radius 3 is 2.81 bits per heavy atom. The highest BCUT2D eigenvalue weighted by Gasteiger charge is 2.28. The minimum atomic E-state index is -0.402. The summed E-state index contributed by atoms with van der Waals surface area (Å²) in [4.78, 5) is 16.9. The number of rotatable bonds is 4. The van der Waals surface area contributed by atoms with Gasteiger partial charge in [0.2, 0.25) is 0 Å². The number of nitro benzene ring substituents is 1. The van der Waals surface area contributed by atoms with Crippen molar-refractivity contribution < 1.29 is 9.66 Å². The molecule has 0 radical (unpaired) electrons. The molecule has 6 heteroatoms. The number of nitro groups is 1. The molecule has 0 saturated carbocycles. The van der Waals surface area contributed by atoms with E-state index >= 15 is 0 Å². The minimum absolute atomic E-state index is 0.0785. The van der Waals surface area contributed by atoms with Crippen molar-refractivity contribution in [1.82, 2.24) is 4.90 Å². The predicted molar refractivity (Wildman–Crippen MR) is 81.9 cm³/mol. The maximum absolute atomic E-state index is 10.7. The lowest BCUT2D eigenvalue weighted by Gasteiger charge is -2.19. The Labute approximate surface area is 124 Å². The molecular formula is C15H21N3O3. The molecule has 114 valence electrons. The molecule has 0 aromatic heterocycles. The van der Waals surface area contributed by atoms with Crippen molar-refractivity contribution in [1.29, 1.82) is 0 Å². The zero-order chi connectivity index (χ0) is 15.6. The topological polar surface area (TPSA) is 68.0 Å². The Kier molecular flexibility index (Phi) is 4.45. The van der Waals surface area contributed by atoms with E-state index in [0.717, 1.165) is 12.0 Å². The third kappa shape index (κ3) is 3.51. The summed E-state index contributed by atoms with van der Waals surface area (Å²) in [6.07, 6.45) is 1.05. The van der Waals surface area contributed by atoms with Crippen molar-refractivity contribution in [3.8, 4) is 0 Å². The number of aryl methyl sites for hydroxylation is 1. The third-order valence-corrected chi connectivity index (χ3v) is 3.61. The van der Waals surface area contributed by atoms with Crippen LogP contribution in [0.2, 0.25) is 0 Å². The van der Waals surface area contributed by atoms with Gasteiger partial charge in [-0.15, -0.1) is 0 Å². The number of amidine groups is 1. The number of aliphatic imine (C=N–C) groups is 1. The van der Waals surface area contributed by atoms with Gasteiger partial charge in [-0.05, 0) is 30.9 Å². The van der Waals surface area contributed by atoms with Crippen LogP contribution in [0.5, 0.6) is 0 Å². The van der Waals surface area contributed by atoms with Crippen LogP contribution in [0.3, 0.4) is 0 Å². The molecule has 0 bridgehead atoms. The van der Waals surface area contributed by atoms with Gasteiger partial charge in [0.15, 0.2) is 0 Å². The summed E-state index contributed by atoms with van der Waals surface area (Å²) in [5, 5.41) is 10.7. The molecule has 1 heterocycles. The Hall–Kier alpha value is -2.11. The average Bonchev–Trinajstić information content (AvgIpc) is 2.73. The minimum Gasteiger partial charge on any atom is -0.463 e. The van der Waals surface area contributed by atoms with Gasteiger partial charge in [-0.25, -0.2) is 0 Å². The Morgan fingerprint density at radius 1 is 1.52 bits per heavy atom. The van der Waals surface area contributed by atoms with Crippen molar-refractivity contribution in [2.24, 2.45) is 10.9 Å². The van der Waals surface area contributed by atoms with Crippen LogP contribution in [0.15, 0.2) is 23.2 Å². The van der Waals surface area contributed by atoms with E-state index < -0.39 is 4.92 Å². The highest BCUT2D eigenvalue weighted by Crippen LogP contribution is 2.26. The van der Waals surface area contributed by atoms with Gasteiger partial charge in [-0.2, -0.15) is 4.99 Å². The molecule has 1 atom stereocenters. The van der Waals surface area contributed by atoms with Crippen molar-refractivity contribution in [3.05, 3.63) is 33.9 Å². The first-order chi connectivity index (χ1) is 9.88. The van der Waals surface area contributed by atoms with Crippen LogP contribution in [-0.4, -0.2) is 35.5 Å². The van der Waals surface area contributed by atoms with Gasteiger partial charge in [0.05, 0.1) is 16.7 Å². The highest BCUT2D eigenvalue weighted by molar-refractivity contribution is 5.79. The van der Waals surface area contributed by atoms with Crippen LogP contribution in [0, 0.1) is 23.0 Å². The molecular weight excluding hydrogens is 270 g/mol. The molecule has 1 aromatic rings. The first-order valence-electron chi connectivity index (χ1n) is 7.08. The molecule has 0 amide bonds. The van der Waals surface area contributed by atoms with Gasteiger partial charge in [0.25, 0.3) is 11.7 Å². The van der Waals surface area contributed by atoms with Gasteiger partial charge in [0, 0.05) is 19.2 Å². The van der Waals surface area contributed by atoms with E-state index in [2.05, 4.69) is 18.8 Å². The molecule has 1 aromatic carbocycles. The molecule has 1 aliphatic heterocycles. The molecule has 0 spiro atoms. The first kappa shape index (κ1) is 15.3. The fourth-order valence-electron chi connectivity index (χ4n) is 2.40. The summed E-state index contributed by atoms with van der Waals surface area (Å²) in [5.41, 5.74) is 1.54. The normalized spacial score (nSPS) is 20.1. The molecule has 2 rings (SSSR count). The summed E-state index contributed by atoms with van der Waals surface area (Å²) in [6.45, 7) is 6.82. The third-order valence-electron chi connectivity index (χ3n) is 3.61. The zero-order valence-electron chi connectivity index (χ0n) is 12.9. The van der Waals surface area contributed by atoms with Crippen molar-refractivity contribution >= 4 is 17.4 Å². The van der Waals surface area contributed by atoms with Gasteiger partial charge >= 0.3 is 0 Å². The van der Waals surface area contributed by atoms with E-state index in [9.17, 15) is 10.1 Å². The fraction of sp³-hybridized carbons (Fsp3) is 0.533. The number of hydrogen-bond acceptors (Lipinski definition) is 4. The molecule has 1 fully saturated rings. The number of benzene rings is 1. The van der Waals surface area contributed by atoms with Crippen molar-refractivity contribution in [2.45, 2.75) is 33.2 Å². The maximum atomic E-state index is 10.7. The van der Waals surface area contributed by atoms with Crippen LogP contribution >= 0.6 is 0 Å². The van der Waals surface area contributed by atoms with Gasteiger partial charge in [-0.3, -0.25) is 10.1 Å². The second kappa shape index (κ2) is 6.11. The fourth-order valence-corrected chi connectivity index (χ4v) is 2.40. The average molecular weight is 291 g/mol. The smallest absolute Gasteiger partial charge is 0.292 e. The summed E-state index contributed by atoms with van der Waals surface area (Å²) in [5.74, 6) is 0.599. The molecule has 0 aliphatic carbocycles. The van der Waals surface area contributed by atoms with E-state index in [1.165, 1.54) is 12.1 Å². The predicted octanol–water partition coefficient (Wildman–Crippen LogP) is 3.27. The molecule has 1 aliphatic rings. The van der Waals surface area contributed by atoms with Crippen LogP contribution in [0.4, 0.5) is 11.4 Å². The number of ether oxygens (including phenoxy) is 1. The second-order valence-corrected chi connectivity index (χ2v) is 5.83. The summed E-state index contributed by atoms with van der Waals surface area (Å²) in [6, 6.07) is 5.57. The number of likely N-dealkylation sites (N-methyl/N-ethyl adjacent to an activating group) is 1. The largest absolute Gasteiger partial charge is 0.463 e. The number of nitrogens with zero attached hydrogens (tertiary/aromatic N) is 3. The molecule has 21 heavy (non-hydrogen) atoms. The van der Waals surface area contributed by atoms with E-state index in [4.69, 9.17) is 4.74 Å². The van der Waals surface area contributed by atoms with Gasteiger partial charge in [0.1, 0.15) is 6.61 Å². The van der Waals surface area contributed by atoms with Gasteiger partial charge < -0.3 is 9.64 Å². The first-order valence-corrected chi connectivity index (χ1v) is 7.08. The lowest BCUT2D eigenvalue weighted by molar-refractivity contribution is -0.384. The van der Waals surface area contributed by atoms with Crippen LogP contribution in [-0.2, 0) is 4.74 Å². The van der Waals surface area contributed by atoms with Crippen LogP contribution in [0.25, 0.3) is 0 Å². The lowest BCUT2D eigenvalue weighted by atomic mass is 10.0. The summed E-state index contributed by atoms with van der Waals surface area (Å²) in [7, 11) is 1.97. The Morgan fingerprint density at radius 2 is 2.24 bits per heavy atom. The van der Waals surface area contributed by atoms with Crippen molar-refractivity contribution in [2.75, 3.05) is 13.7 Å². The number of non-ortho nitro benzene ring substituents is 1. The molecule has 0 N–H and O–H groups in total. The number of hydrogen-bond donors (Lipinski definition) is 0. The standard InChI is InChI=1S/C15H21N3O3/c1-10(2)7-13-9-21-15(17(13)4)16-14-6-5-12(18(19)20)8-11(14)3/h5-6,8,10,13H,7,9H2,1-4H3/t13-/m0/s1. The van der Waals surface area contributed by atoms with Crippen molar-refractivity contribution in [3.63, 3.8) is 0 Å². The zero-order valence-corrected chi connectivity index (χ0v) is 12.9. The van der Waals surface area contributed by atoms with E-state index in [-0.39, 0.29) is 5.69 Å². The second-order valence-electron chi connectivity index (χ2n) is 5.83. The summed E-state index contributed by atoms with van der Waals surface area (Å²) < 4.78 is 5.66. The monoisotopic (exact) mass is 291 g/mol. The van der Waals surface area contributed by atoms with Crippen LogP contribution in [0.1, 0.15) is 25.8 Å². The highest BCUT2D eigenvalue weighted by atomic mass is 16.6. The Balaban J connectivity index is 2.19. The van der Waals surface area contributed by atoms with Crippen LogP contribution < -0.4 is 0 Å². The lowest BCUT2D eigenvalue weighted by Crippen LogP contribution is -2.31. The molecule has 6 nitrogen and oxygen atoms in total. The van der Waals surface area contributed by atoms with E-state index in [0.29, 0.717) is 30.3 Å². The van der Waals surface area contributed by atoms with E-state index in [1.54, 1.807) is 6.07 Å². The van der Waals surface area contributed by atoms with E-state index in [1.807, 2.05) is 18.9 Å². The molecule has 1 saturated heterocycles. The maximum Gasteiger partial charge on any atom is 0.292 e. The SMILES string of the molecule is Cc1cc([N+](=O)[O-])ccc1N=C1OC[C@H](CC(C)C)N1C.